The number of aryl methyl sites for hydroxylation is 2. The van der Waals surface area contributed by atoms with Gasteiger partial charge in [-0.2, -0.15) is 0 Å². The maximum Gasteiger partial charge on any atom is 0.195 e. The standard InChI is InChI=1S/C24H14F8N4S2/c1-3-5-7-33-35-23(37-7)13-11-9(17(27)22(32)20(13)30)10-12(18(28)16(11)26)19(29)21(31)14(15(10)25)24-36-34-8(38-24)6-4-2/h3-6H2,1-2H3. The third-order valence-electron chi connectivity index (χ3n) is 5.82. The van der Waals surface area contributed by atoms with Gasteiger partial charge >= 0.3 is 0 Å². The minimum atomic E-state index is -2.17. The third-order valence-corrected chi connectivity index (χ3v) is 7.82. The van der Waals surface area contributed by atoms with E-state index in [-0.39, 0.29) is 0 Å². The first-order valence-electron chi connectivity index (χ1n) is 11.2. The average molecular weight is 575 g/mol. The lowest BCUT2D eigenvalue weighted by atomic mass is 9.93. The van der Waals surface area contributed by atoms with Gasteiger partial charge in [0.05, 0.1) is 16.5 Å². The Balaban J connectivity index is 1.98. The lowest BCUT2D eigenvalue weighted by molar-refractivity contribution is 0.453. The molecule has 2 heterocycles. The summed E-state index contributed by atoms with van der Waals surface area (Å²) in [6.45, 7) is 3.60. The molecule has 14 heteroatoms. The highest BCUT2D eigenvalue weighted by molar-refractivity contribution is 7.15. The Labute approximate surface area is 217 Å². The first kappa shape index (κ1) is 26.4. The summed E-state index contributed by atoms with van der Waals surface area (Å²) in [6, 6.07) is 0. The molecule has 0 saturated carbocycles. The van der Waals surface area contributed by atoms with E-state index in [0.717, 1.165) is 0 Å². The topological polar surface area (TPSA) is 51.6 Å². The van der Waals surface area contributed by atoms with Gasteiger partial charge in [-0.25, -0.2) is 35.1 Å². The molecule has 0 unspecified atom stereocenters. The van der Waals surface area contributed by atoms with Gasteiger partial charge in [-0.3, -0.25) is 0 Å². The molecule has 0 amide bonds. The molecule has 198 valence electrons. The number of nitrogens with zero attached hydrogens (tertiary/aromatic N) is 4. The molecule has 0 fully saturated rings. The number of aromatic nitrogens is 4. The Morgan fingerprint density at radius 2 is 0.868 bits per heavy atom. The average Bonchev–Trinajstić information content (AvgIpc) is 3.54. The van der Waals surface area contributed by atoms with E-state index in [2.05, 4.69) is 20.4 Å². The van der Waals surface area contributed by atoms with Crippen LogP contribution >= 0.6 is 22.7 Å². The highest BCUT2D eigenvalue weighted by Crippen LogP contribution is 2.46. The van der Waals surface area contributed by atoms with Crippen LogP contribution in [-0.4, -0.2) is 20.4 Å². The molecule has 0 radical (unpaired) electrons. The van der Waals surface area contributed by atoms with Crippen LogP contribution in [0.3, 0.4) is 0 Å². The van der Waals surface area contributed by atoms with Crippen molar-refractivity contribution in [1.29, 1.82) is 0 Å². The fourth-order valence-corrected chi connectivity index (χ4v) is 6.12. The Bertz CT molecular complexity index is 1750. The van der Waals surface area contributed by atoms with Gasteiger partial charge in [0, 0.05) is 29.0 Å². The summed E-state index contributed by atoms with van der Waals surface area (Å²) in [5.41, 5.74) is -2.15. The minimum Gasteiger partial charge on any atom is -0.205 e. The van der Waals surface area contributed by atoms with Crippen LogP contribution in [0.2, 0.25) is 0 Å². The highest BCUT2D eigenvalue weighted by Gasteiger charge is 2.35. The molecule has 0 aliphatic carbocycles. The third kappa shape index (κ3) is 3.83. The van der Waals surface area contributed by atoms with Crippen LogP contribution in [0.5, 0.6) is 0 Å². The molecule has 0 saturated heterocycles. The highest BCUT2D eigenvalue weighted by atomic mass is 32.1. The zero-order valence-corrected chi connectivity index (χ0v) is 21.1. The molecular weight excluding hydrogens is 560 g/mol. The number of rotatable bonds is 6. The maximum atomic E-state index is 15.9. The van der Waals surface area contributed by atoms with Crippen molar-refractivity contribution in [3.05, 3.63) is 56.6 Å². The molecule has 0 atom stereocenters. The molecule has 5 aromatic rings. The Kier molecular flexibility index (Phi) is 6.80. The smallest absolute Gasteiger partial charge is 0.195 e. The Hall–Kier alpha value is -3.26. The van der Waals surface area contributed by atoms with Crippen molar-refractivity contribution in [3.8, 4) is 21.1 Å². The summed E-state index contributed by atoms with van der Waals surface area (Å²) in [6.07, 6.45) is 1.94. The number of hydrogen-bond donors (Lipinski definition) is 0. The molecule has 0 N–H and O–H groups in total. The van der Waals surface area contributed by atoms with Crippen LogP contribution in [0, 0.1) is 46.5 Å². The number of fused-ring (bicyclic) bond motifs is 3. The van der Waals surface area contributed by atoms with Gasteiger partial charge in [-0.1, -0.05) is 36.5 Å². The molecule has 0 aliphatic rings. The first-order chi connectivity index (χ1) is 18.1. The number of benzene rings is 3. The summed E-state index contributed by atoms with van der Waals surface area (Å²) >= 11 is 1.41. The normalized spacial score (nSPS) is 11.8. The van der Waals surface area contributed by atoms with E-state index in [4.69, 9.17) is 0 Å². The van der Waals surface area contributed by atoms with Gasteiger partial charge in [0.15, 0.2) is 50.7 Å². The van der Waals surface area contributed by atoms with Crippen molar-refractivity contribution in [3.63, 3.8) is 0 Å². The molecule has 2 aromatic heterocycles. The molecule has 5 rings (SSSR count). The van der Waals surface area contributed by atoms with Crippen LogP contribution in [0.1, 0.15) is 36.7 Å². The van der Waals surface area contributed by atoms with Gasteiger partial charge in [0.1, 0.15) is 15.8 Å². The fourth-order valence-electron chi connectivity index (χ4n) is 4.16. The van der Waals surface area contributed by atoms with Crippen molar-refractivity contribution < 1.29 is 35.1 Å². The van der Waals surface area contributed by atoms with Gasteiger partial charge in [0.25, 0.3) is 0 Å². The van der Waals surface area contributed by atoms with Gasteiger partial charge in [0.2, 0.25) is 0 Å². The van der Waals surface area contributed by atoms with Gasteiger partial charge in [-0.05, 0) is 12.8 Å². The lowest BCUT2D eigenvalue weighted by Crippen LogP contribution is -2.06. The monoisotopic (exact) mass is 574 g/mol. The van der Waals surface area contributed by atoms with Crippen LogP contribution in [0.4, 0.5) is 35.1 Å². The number of halogens is 8. The zero-order chi connectivity index (χ0) is 27.5. The van der Waals surface area contributed by atoms with Gasteiger partial charge in [-0.15, -0.1) is 20.4 Å². The summed E-state index contributed by atoms with van der Waals surface area (Å²) in [4.78, 5) is 0. The van der Waals surface area contributed by atoms with Crippen LogP contribution in [0.25, 0.3) is 42.7 Å². The quantitative estimate of drug-likeness (QED) is 0.0892. The Morgan fingerprint density at radius 1 is 0.447 bits per heavy atom. The summed E-state index contributed by atoms with van der Waals surface area (Å²) in [5.74, 6) is -16.1. The molecule has 0 bridgehead atoms. The molecule has 38 heavy (non-hydrogen) atoms. The predicted octanol–water partition coefficient (Wildman–Crippen LogP) is 8.05. The zero-order valence-electron chi connectivity index (χ0n) is 19.5. The van der Waals surface area contributed by atoms with Crippen LogP contribution in [-0.2, 0) is 12.8 Å². The van der Waals surface area contributed by atoms with E-state index in [1.54, 1.807) is 13.8 Å². The van der Waals surface area contributed by atoms with Crippen LogP contribution < -0.4 is 0 Å². The second-order valence-electron chi connectivity index (χ2n) is 8.26. The molecule has 4 nitrogen and oxygen atoms in total. The molecule has 0 aliphatic heterocycles. The summed E-state index contributed by atoms with van der Waals surface area (Å²) in [7, 11) is 0. The maximum absolute atomic E-state index is 15.9. The summed E-state index contributed by atoms with van der Waals surface area (Å²) in [5, 5.41) is 9.17. The minimum absolute atomic E-state index is 0.335. The lowest BCUT2D eigenvalue weighted by Gasteiger charge is -2.16. The van der Waals surface area contributed by atoms with E-state index in [1.165, 1.54) is 0 Å². The van der Waals surface area contributed by atoms with E-state index < -0.39 is 89.2 Å². The summed E-state index contributed by atoms with van der Waals surface area (Å²) < 4.78 is 122. The van der Waals surface area contributed by atoms with Crippen molar-refractivity contribution >= 4 is 44.2 Å². The second-order valence-corrected chi connectivity index (χ2v) is 10.4. The van der Waals surface area contributed by atoms with E-state index in [9.17, 15) is 4.39 Å². The molecule has 0 spiro atoms. The Morgan fingerprint density at radius 3 is 1.42 bits per heavy atom. The van der Waals surface area contributed by atoms with E-state index in [0.29, 0.717) is 58.4 Å². The number of hydrogen-bond acceptors (Lipinski definition) is 6. The van der Waals surface area contributed by atoms with Crippen molar-refractivity contribution in [2.75, 3.05) is 0 Å². The van der Waals surface area contributed by atoms with Gasteiger partial charge < -0.3 is 0 Å². The van der Waals surface area contributed by atoms with E-state index in [1.807, 2.05) is 0 Å². The first-order valence-corrected chi connectivity index (χ1v) is 12.9. The van der Waals surface area contributed by atoms with Crippen molar-refractivity contribution in [2.24, 2.45) is 0 Å². The fraction of sp³-hybridized carbons (Fsp3) is 0.250. The van der Waals surface area contributed by atoms with Crippen molar-refractivity contribution in [2.45, 2.75) is 39.5 Å². The predicted molar refractivity (Wildman–Crippen MR) is 127 cm³/mol. The molecular formula is C24H14F8N4S2. The molecule has 3 aromatic carbocycles. The largest absolute Gasteiger partial charge is 0.205 e. The SMILES string of the molecule is CCCc1nnc(-c2c(F)c(F)c3c(F)c(F)c4c(-c5nnc(CCC)s5)c(F)c(F)c(F)c4c3c2F)s1. The van der Waals surface area contributed by atoms with Crippen LogP contribution in [0.15, 0.2) is 0 Å². The van der Waals surface area contributed by atoms with E-state index >= 15 is 30.7 Å². The van der Waals surface area contributed by atoms with Crippen molar-refractivity contribution in [1.82, 2.24) is 20.4 Å². The second kappa shape index (κ2) is 9.80.